The van der Waals surface area contributed by atoms with E-state index < -0.39 is 17.9 Å². The van der Waals surface area contributed by atoms with E-state index in [0.717, 1.165) is 18.4 Å². The zero-order chi connectivity index (χ0) is 28.2. The first-order valence-electron chi connectivity index (χ1n) is 14.1. The molecule has 1 saturated carbocycles. The number of esters is 1. The summed E-state index contributed by atoms with van der Waals surface area (Å²) in [4.78, 5) is 50.6. The lowest BCUT2D eigenvalue weighted by Crippen LogP contribution is -2.38. The van der Waals surface area contributed by atoms with Crippen LogP contribution in [0.5, 0.6) is 0 Å². The lowest BCUT2D eigenvalue weighted by atomic mass is 9.95. The SMILES string of the molecule is O=C(CNC1CCCCC1)Nc1ccccc1C(=O)N[C@H](/C=C/C(=O)OCc1ccccc1)CC1CCNC1=O. The van der Waals surface area contributed by atoms with Crippen LogP contribution in [-0.4, -0.2) is 48.9 Å². The fourth-order valence-corrected chi connectivity index (χ4v) is 5.11. The minimum absolute atomic E-state index is 0.0718. The van der Waals surface area contributed by atoms with Gasteiger partial charge in [0.25, 0.3) is 5.91 Å². The summed E-state index contributed by atoms with van der Waals surface area (Å²) in [7, 11) is 0. The molecule has 9 heteroatoms. The van der Waals surface area contributed by atoms with E-state index in [1.165, 1.54) is 25.3 Å². The third-order valence-corrected chi connectivity index (χ3v) is 7.31. The maximum Gasteiger partial charge on any atom is 0.330 e. The predicted octanol–water partition coefficient (Wildman–Crippen LogP) is 3.47. The zero-order valence-corrected chi connectivity index (χ0v) is 22.7. The minimum Gasteiger partial charge on any atom is -0.458 e. The second-order valence-electron chi connectivity index (χ2n) is 10.4. The first-order valence-corrected chi connectivity index (χ1v) is 14.1. The number of benzene rings is 2. The van der Waals surface area contributed by atoms with Gasteiger partial charge in [-0.15, -0.1) is 0 Å². The van der Waals surface area contributed by atoms with Gasteiger partial charge in [0.05, 0.1) is 17.8 Å². The molecule has 1 unspecified atom stereocenters. The summed E-state index contributed by atoms with van der Waals surface area (Å²) < 4.78 is 5.32. The number of anilines is 1. The van der Waals surface area contributed by atoms with Crippen LogP contribution >= 0.6 is 0 Å². The van der Waals surface area contributed by atoms with Crippen molar-refractivity contribution >= 4 is 29.4 Å². The molecule has 3 amide bonds. The molecule has 1 saturated heterocycles. The van der Waals surface area contributed by atoms with Gasteiger partial charge in [-0.2, -0.15) is 0 Å². The van der Waals surface area contributed by atoms with Crippen LogP contribution in [0.3, 0.4) is 0 Å². The Morgan fingerprint density at radius 2 is 1.73 bits per heavy atom. The van der Waals surface area contributed by atoms with Crippen molar-refractivity contribution in [3.05, 3.63) is 77.9 Å². The number of carbonyl (C=O) groups is 4. The van der Waals surface area contributed by atoms with Crippen LogP contribution in [0.2, 0.25) is 0 Å². The van der Waals surface area contributed by atoms with Crippen molar-refractivity contribution in [3.8, 4) is 0 Å². The average molecular weight is 547 g/mol. The van der Waals surface area contributed by atoms with Gasteiger partial charge in [-0.1, -0.05) is 67.8 Å². The Morgan fingerprint density at radius 1 is 0.975 bits per heavy atom. The predicted molar refractivity (Wildman–Crippen MR) is 152 cm³/mol. The smallest absolute Gasteiger partial charge is 0.330 e. The molecule has 212 valence electrons. The molecule has 0 aromatic heterocycles. The van der Waals surface area contributed by atoms with E-state index in [2.05, 4.69) is 21.3 Å². The summed E-state index contributed by atoms with van der Waals surface area (Å²) in [6.07, 6.45) is 9.55. The Kier molecular flexibility index (Phi) is 10.9. The van der Waals surface area contributed by atoms with Crippen LogP contribution in [0.1, 0.15) is 60.9 Å². The van der Waals surface area contributed by atoms with E-state index in [1.54, 1.807) is 30.3 Å². The van der Waals surface area contributed by atoms with Crippen molar-refractivity contribution in [2.45, 2.75) is 63.6 Å². The number of carbonyl (C=O) groups excluding carboxylic acids is 4. The Hall–Kier alpha value is -3.98. The Labute approximate surface area is 235 Å². The number of hydrogen-bond acceptors (Lipinski definition) is 6. The molecule has 2 aromatic carbocycles. The second kappa shape index (κ2) is 15.0. The molecule has 1 aliphatic heterocycles. The van der Waals surface area contributed by atoms with E-state index in [-0.39, 0.29) is 30.9 Å². The fourth-order valence-electron chi connectivity index (χ4n) is 5.11. The average Bonchev–Trinajstić information content (AvgIpc) is 3.38. The monoisotopic (exact) mass is 546 g/mol. The molecule has 4 rings (SSSR count). The molecular weight excluding hydrogens is 508 g/mol. The van der Waals surface area contributed by atoms with Gasteiger partial charge in [0, 0.05) is 30.6 Å². The molecule has 2 aliphatic rings. The number of rotatable bonds is 12. The molecule has 2 aromatic rings. The molecule has 1 aliphatic carbocycles. The van der Waals surface area contributed by atoms with E-state index in [4.69, 9.17) is 4.74 Å². The van der Waals surface area contributed by atoms with Crippen LogP contribution in [0, 0.1) is 5.92 Å². The number of para-hydroxylation sites is 1. The zero-order valence-electron chi connectivity index (χ0n) is 22.7. The summed E-state index contributed by atoms with van der Waals surface area (Å²) in [6, 6.07) is 15.9. The summed E-state index contributed by atoms with van der Waals surface area (Å²) in [6.45, 7) is 0.888. The highest BCUT2D eigenvalue weighted by Crippen LogP contribution is 2.20. The quantitative estimate of drug-likeness (QED) is 0.239. The molecular formula is C31H38N4O5. The third kappa shape index (κ3) is 9.05. The van der Waals surface area contributed by atoms with Crippen LogP contribution in [0.15, 0.2) is 66.7 Å². The minimum atomic E-state index is -0.595. The second-order valence-corrected chi connectivity index (χ2v) is 10.4. The molecule has 4 N–H and O–H groups in total. The lowest BCUT2D eigenvalue weighted by molar-refractivity contribution is -0.139. The maximum atomic E-state index is 13.3. The van der Waals surface area contributed by atoms with E-state index >= 15 is 0 Å². The van der Waals surface area contributed by atoms with E-state index in [0.29, 0.717) is 36.7 Å². The molecule has 1 heterocycles. The Morgan fingerprint density at radius 3 is 2.48 bits per heavy atom. The van der Waals surface area contributed by atoms with Gasteiger partial charge in [0.15, 0.2) is 0 Å². The highest BCUT2D eigenvalue weighted by molar-refractivity contribution is 6.04. The summed E-state index contributed by atoms with van der Waals surface area (Å²) in [5, 5.41) is 11.9. The van der Waals surface area contributed by atoms with Gasteiger partial charge in [0.1, 0.15) is 6.61 Å². The van der Waals surface area contributed by atoms with Crippen molar-refractivity contribution in [1.29, 1.82) is 0 Å². The molecule has 9 nitrogen and oxygen atoms in total. The fraction of sp³-hybridized carbons (Fsp3) is 0.419. The molecule has 0 spiro atoms. The standard InChI is InChI=1S/C31H38N4O5/c36-28(20-33-24-11-5-2-6-12-24)35-27-14-8-7-13-26(27)31(39)34-25(19-23-17-18-32-30(23)38)15-16-29(37)40-21-22-9-3-1-4-10-22/h1,3-4,7-10,13-16,23-25,33H,2,5-6,11-12,17-21H2,(H,32,38)(H,34,39)(H,35,36)/b16-15+/t23?,25-/m1/s1. The van der Waals surface area contributed by atoms with Gasteiger partial charge < -0.3 is 26.0 Å². The summed E-state index contributed by atoms with van der Waals surface area (Å²) in [5.41, 5.74) is 1.57. The number of amides is 3. The third-order valence-electron chi connectivity index (χ3n) is 7.31. The summed E-state index contributed by atoms with van der Waals surface area (Å²) >= 11 is 0. The van der Waals surface area contributed by atoms with Gasteiger partial charge >= 0.3 is 5.97 Å². The first kappa shape index (κ1) is 29.0. The maximum absolute atomic E-state index is 13.3. The van der Waals surface area contributed by atoms with Crippen molar-refractivity contribution < 1.29 is 23.9 Å². The number of nitrogens with one attached hydrogen (secondary N) is 4. The van der Waals surface area contributed by atoms with Crippen LogP contribution < -0.4 is 21.3 Å². The Balaban J connectivity index is 1.38. The molecule has 0 radical (unpaired) electrons. The normalized spacial score (nSPS) is 18.2. The Bertz CT molecular complexity index is 1190. The highest BCUT2D eigenvalue weighted by Gasteiger charge is 2.28. The van der Waals surface area contributed by atoms with Crippen molar-refractivity contribution in [1.82, 2.24) is 16.0 Å². The van der Waals surface area contributed by atoms with Gasteiger partial charge in [-0.3, -0.25) is 14.4 Å². The topological polar surface area (TPSA) is 126 Å². The van der Waals surface area contributed by atoms with Crippen LogP contribution in [-0.2, 0) is 25.7 Å². The van der Waals surface area contributed by atoms with Crippen molar-refractivity contribution in [3.63, 3.8) is 0 Å². The molecule has 2 atom stereocenters. The lowest BCUT2D eigenvalue weighted by Gasteiger charge is -2.22. The number of ether oxygens (including phenoxy) is 1. The van der Waals surface area contributed by atoms with Crippen LogP contribution in [0.4, 0.5) is 5.69 Å². The molecule has 40 heavy (non-hydrogen) atoms. The molecule has 0 bridgehead atoms. The van der Waals surface area contributed by atoms with E-state index in [9.17, 15) is 19.2 Å². The largest absolute Gasteiger partial charge is 0.458 e. The van der Waals surface area contributed by atoms with Gasteiger partial charge in [-0.25, -0.2) is 4.79 Å². The van der Waals surface area contributed by atoms with Gasteiger partial charge in [-0.05, 0) is 43.4 Å². The highest BCUT2D eigenvalue weighted by atomic mass is 16.5. The van der Waals surface area contributed by atoms with Crippen molar-refractivity contribution in [2.75, 3.05) is 18.4 Å². The van der Waals surface area contributed by atoms with Crippen molar-refractivity contribution in [2.24, 2.45) is 5.92 Å². The van der Waals surface area contributed by atoms with Crippen LogP contribution in [0.25, 0.3) is 0 Å². The summed E-state index contributed by atoms with van der Waals surface area (Å²) in [5.74, 6) is -1.53. The van der Waals surface area contributed by atoms with Gasteiger partial charge in [0.2, 0.25) is 11.8 Å². The number of hydrogen-bond donors (Lipinski definition) is 4. The molecule has 2 fully saturated rings. The van der Waals surface area contributed by atoms with E-state index in [1.807, 2.05) is 30.3 Å². The first-order chi connectivity index (χ1) is 19.5.